The van der Waals surface area contributed by atoms with Crippen LogP contribution in [0.3, 0.4) is 0 Å². The van der Waals surface area contributed by atoms with Crippen LogP contribution in [-0.4, -0.2) is 46.3 Å². The number of carbonyl (C=O) groups is 5. The molecule has 2 aliphatic rings. The molecule has 23 heavy (non-hydrogen) atoms. The van der Waals surface area contributed by atoms with Crippen LogP contribution >= 0.6 is 0 Å². The lowest BCUT2D eigenvalue weighted by Crippen LogP contribution is -2.33. The first-order valence-corrected chi connectivity index (χ1v) is 5.58. The SMILES string of the molecule is C.C.O=C(O/C=C\N1C(=O)C=CC1=O)OCN1C(=O)C=CC1=O. The van der Waals surface area contributed by atoms with Crippen molar-refractivity contribution in [1.29, 1.82) is 0 Å². The summed E-state index contributed by atoms with van der Waals surface area (Å²) < 4.78 is 8.96. The minimum absolute atomic E-state index is 0. The van der Waals surface area contributed by atoms with E-state index in [9.17, 15) is 24.0 Å². The molecule has 2 aliphatic heterocycles. The minimum Gasteiger partial charge on any atom is -0.412 e. The average Bonchev–Trinajstić information content (AvgIpc) is 2.93. The van der Waals surface area contributed by atoms with Crippen LogP contribution in [0.5, 0.6) is 0 Å². The van der Waals surface area contributed by atoms with Gasteiger partial charge in [-0.15, -0.1) is 0 Å². The molecular formula is C14H16N2O7. The van der Waals surface area contributed by atoms with Gasteiger partial charge in [0.15, 0.2) is 6.73 Å². The van der Waals surface area contributed by atoms with Gasteiger partial charge in [-0.05, 0) is 0 Å². The van der Waals surface area contributed by atoms with E-state index >= 15 is 0 Å². The molecule has 124 valence electrons. The second-order valence-corrected chi connectivity index (χ2v) is 3.74. The predicted octanol–water partition coefficient (Wildman–Crippen LogP) is 0.690. The third kappa shape index (κ3) is 4.63. The lowest BCUT2D eigenvalue weighted by molar-refractivity contribution is -0.141. The summed E-state index contributed by atoms with van der Waals surface area (Å²) in [7, 11) is 0. The van der Waals surface area contributed by atoms with Gasteiger partial charge in [0.05, 0.1) is 6.20 Å². The van der Waals surface area contributed by atoms with Crippen molar-refractivity contribution in [2.24, 2.45) is 0 Å². The highest BCUT2D eigenvalue weighted by molar-refractivity contribution is 6.13. The van der Waals surface area contributed by atoms with E-state index in [1.807, 2.05) is 0 Å². The molecule has 0 saturated carbocycles. The highest BCUT2D eigenvalue weighted by atomic mass is 16.7. The molecule has 0 N–H and O–H groups in total. The Hall–Kier alpha value is -3.23. The molecule has 9 nitrogen and oxygen atoms in total. The van der Waals surface area contributed by atoms with Crippen molar-refractivity contribution >= 4 is 29.8 Å². The Bertz CT molecular complexity index is 583. The smallest absolute Gasteiger partial charge is 0.412 e. The Labute approximate surface area is 132 Å². The van der Waals surface area contributed by atoms with E-state index in [0.717, 1.165) is 36.8 Å². The number of rotatable bonds is 4. The van der Waals surface area contributed by atoms with Crippen LogP contribution in [0.4, 0.5) is 4.79 Å². The summed E-state index contributed by atoms with van der Waals surface area (Å²) in [5.74, 6) is -2.37. The molecule has 0 aliphatic carbocycles. The van der Waals surface area contributed by atoms with Crippen LogP contribution in [0.15, 0.2) is 36.8 Å². The topological polar surface area (TPSA) is 110 Å². The van der Waals surface area contributed by atoms with E-state index in [2.05, 4.69) is 9.47 Å². The normalized spacial score (nSPS) is 16.0. The highest BCUT2D eigenvalue weighted by Gasteiger charge is 2.25. The van der Waals surface area contributed by atoms with Gasteiger partial charge in [-0.2, -0.15) is 0 Å². The molecule has 2 heterocycles. The van der Waals surface area contributed by atoms with E-state index in [1.54, 1.807) is 0 Å². The minimum atomic E-state index is -1.20. The second-order valence-electron chi connectivity index (χ2n) is 3.74. The Morgan fingerprint density at radius 2 is 1.39 bits per heavy atom. The monoisotopic (exact) mass is 324 g/mol. The van der Waals surface area contributed by atoms with Crippen molar-refractivity contribution < 1.29 is 33.4 Å². The zero-order valence-electron chi connectivity index (χ0n) is 10.4. The zero-order chi connectivity index (χ0) is 15.4. The van der Waals surface area contributed by atoms with Crippen molar-refractivity contribution in [3.8, 4) is 0 Å². The number of hydrogen-bond acceptors (Lipinski definition) is 7. The maximum Gasteiger partial charge on any atom is 0.515 e. The summed E-state index contributed by atoms with van der Waals surface area (Å²) in [5, 5.41) is 0. The van der Waals surface area contributed by atoms with Crippen molar-refractivity contribution in [3.63, 3.8) is 0 Å². The van der Waals surface area contributed by atoms with Gasteiger partial charge < -0.3 is 9.47 Å². The van der Waals surface area contributed by atoms with Crippen LogP contribution in [0, 0.1) is 0 Å². The summed E-state index contributed by atoms with van der Waals surface area (Å²) in [6, 6.07) is 0. The van der Waals surface area contributed by atoms with E-state index in [4.69, 9.17) is 0 Å². The van der Waals surface area contributed by atoms with E-state index in [0.29, 0.717) is 9.80 Å². The van der Waals surface area contributed by atoms with Crippen LogP contribution < -0.4 is 0 Å². The molecule has 2 rings (SSSR count). The molecule has 9 heteroatoms. The van der Waals surface area contributed by atoms with E-state index < -0.39 is 36.5 Å². The van der Waals surface area contributed by atoms with Gasteiger partial charge in [-0.1, -0.05) is 14.9 Å². The van der Waals surface area contributed by atoms with Gasteiger partial charge in [0.1, 0.15) is 6.26 Å². The second kappa shape index (κ2) is 8.27. The Kier molecular flexibility index (Phi) is 7.11. The molecular weight excluding hydrogens is 308 g/mol. The van der Waals surface area contributed by atoms with Crippen LogP contribution in [0.2, 0.25) is 0 Å². The summed E-state index contributed by atoms with van der Waals surface area (Å²) in [4.78, 5) is 57.1. The van der Waals surface area contributed by atoms with Gasteiger partial charge >= 0.3 is 6.16 Å². The number of carbonyl (C=O) groups excluding carboxylic acids is 5. The standard InChI is InChI=1S/C12H8N2O7.2CH4/c15-8-1-2-9(16)13(8)5-6-20-12(19)21-7-14-10(17)3-4-11(14)18;;/h1-6H,7H2;2*1H4/b6-5-;;. The summed E-state index contributed by atoms with van der Waals surface area (Å²) in [6.45, 7) is -0.597. The largest absolute Gasteiger partial charge is 0.515 e. The molecule has 4 amide bonds. The van der Waals surface area contributed by atoms with Crippen LogP contribution in [-0.2, 0) is 28.7 Å². The van der Waals surface area contributed by atoms with Crippen molar-refractivity contribution in [3.05, 3.63) is 36.8 Å². The molecule has 0 spiro atoms. The van der Waals surface area contributed by atoms with Gasteiger partial charge in [0.25, 0.3) is 23.6 Å². The molecule has 0 radical (unpaired) electrons. The number of amides is 4. The molecule has 0 aromatic rings. The summed E-state index contributed by atoms with van der Waals surface area (Å²) in [5.41, 5.74) is 0. The maximum absolute atomic E-state index is 11.2. The van der Waals surface area contributed by atoms with Gasteiger partial charge in [-0.3, -0.25) is 19.2 Å². The average molecular weight is 324 g/mol. The third-order valence-electron chi connectivity index (χ3n) is 2.43. The van der Waals surface area contributed by atoms with E-state index in [-0.39, 0.29) is 14.9 Å². The number of hydrogen-bond donors (Lipinski definition) is 0. The summed E-state index contributed by atoms with van der Waals surface area (Å²) in [6.07, 6.45) is 4.70. The predicted molar refractivity (Wildman–Crippen MR) is 77.0 cm³/mol. The van der Waals surface area contributed by atoms with Crippen LogP contribution in [0.1, 0.15) is 14.9 Å². The lowest BCUT2D eigenvalue weighted by Gasteiger charge is -2.12. The molecule has 0 bridgehead atoms. The first-order chi connectivity index (χ1) is 9.99. The third-order valence-corrected chi connectivity index (χ3v) is 2.43. The highest BCUT2D eigenvalue weighted by Crippen LogP contribution is 2.05. The number of ether oxygens (including phenoxy) is 2. The molecule has 0 aromatic heterocycles. The molecule has 0 saturated heterocycles. The molecule has 0 unspecified atom stereocenters. The lowest BCUT2D eigenvalue weighted by atomic mass is 10.6. The quantitative estimate of drug-likeness (QED) is 0.425. The molecule has 0 fully saturated rings. The van der Waals surface area contributed by atoms with Crippen molar-refractivity contribution in [2.45, 2.75) is 14.9 Å². The van der Waals surface area contributed by atoms with Gasteiger partial charge in [0, 0.05) is 24.3 Å². The Morgan fingerprint density at radius 1 is 0.913 bits per heavy atom. The van der Waals surface area contributed by atoms with Gasteiger partial charge in [0.2, 0.25) is 0 Å². The zero-order valence-corrected chi connectivity index (χ0v) is 10.4. The number of nitrogens with zero attached hydrogens (tertiary/aromatic N) is 2. The Morgan fingerprint density at radius 3 is 1.91 bits per heavy atom. The van der Waals surface area contributed by atoms with Gasteiger partial charge in [-0.25, -0.2) is 14.6 Å². The molecule has 0 aromatic carbocycles. The molecule has 0 atom stereocenters. The fourth-order valence-corrected chi connectivity index (χ4v) is 1.42. The fourth-order valence-electron chi connectivity index (χ4n) is 1.42. The Balaban J connectivity index is 0.00000242. The van der Waals surface area contributed by atoms with Crippen LogP contribution in [0.25, 0.3) is 0 Å². The van der Waals surface area contributed by atoms with E-state index in [1.165, 1.54) is 0 Å². The van der Waals surface area contributed by atoms with Crippen molar-refractivity contribution in [1.82, 2.24) is 9.80 Å². The first-order valence-electron chi connectivity index (χ1n) is 5.58. The fraction of sp³-hybridized carbons (Fsp3) is 0.214. The maximum atomic E-state index is 11.2. The summed E-state index contributed by atoms with van der Waals surface area (Å²) >= 11 is 0. The number of imide groups is 2. The van der Waals surface area contributed by atoms with Crippen molar-refractivity contribution in [2.75, 3.05) is 6.73 Å². The first kappa shape index (κ1) is 19.8.